The van der Waals surface area contributed by atoms with E-state index >= 15 is 0 Å². The van der Waals surface area contributed by atoms with E-state index in [0.29, 0.717) is 6.54 Å². The zero-order valence-electron chi connectivity index (χ0n) is 9.43. The smallest absolute Gasteiger partial charge is 0.247 e. The van der Waals surface area contributed by atoms with Crippen molar-refractivity contribution in [1.29, 1.82) is 0 Å². The van der Waals surface area contributed by atoms with Crippen molar-refractivity contribution >= 4 is 11.8 Å². The summed E-state index contributed by atoms with van der Waals surface area (Å²) < 4.78 is 0. The van der Waals surface area contributed by atoms with Gasteiger partial charge in [0, 0.05) is 17.7 Å². The molecule has 0 unspecified atom stereocenters. The van der Waals surface area contributed by atoms with Crippen molar-refractivity contribution < 1.29 is 9.59 Å². The van der Waals surface area contributed by atoms with Crippen LogP contribution in [-0.2, 0) is 9.59 Å². The van der Waals surface area contributed by atoms with E-state index in [1.807, 2.05) is 0 Å². The zero-order valence-corrected chi connectivity index (χ0v) is 9.43. The summed E-state index contributed by atoms with van der Waals surface area (Å²) in [5.41, 5.74) is 7.98. The maximum Gasteiger partial charge on any atom is 0.247 e. The lowest BCUT2D eigenvalue weighted by Gasteiger charge is -2.00. The summed E-state index contributed by atoms with van der Waals surface area (Å²) in [5, 5.41) is 8.19. The van der Waals surface area contributed by atoms with Crippen molar-refractivity contribution in [2.75, 3.05) is 13.1 Å². The average molecular weight is 237 g/mol. The van der Waals surface area contributed by atoms with Gasteiger partial charge in [0.1, 0.15) is 6.54 Å². The highest BCUT2D eigenvalue weighted by molar-refractivity contribution is 5.87. The van der Waals surface area contributed by atoms with E-state index in [4.69, 9.17) is 5.53 Å². The molecule has 0 fully saturated rings. The number of rotatable bonds is 8. The number of nitrogens with one attached hydrogen (secondary N) is 2. The first-order chi connectivity index (χ1) is 8.20. The third kappa shape index (κ3) is 10.0. The van der Waals surface area contributed by atoms with Gasteiger partial charge in [-0.15, -0.1) is 0 Å². The Morgan fingerprint density at radius 2 is 2.24 bits per heavy atom. The van der Waals surface area contributed by atoms with Gasteiger partial charge in [-0.3, -0.25) is 9.59 Å². The molecule has 0 saturated carbocycles. The van der Waals surface area contributed by atoms with E-state index in [9.17, 15) is 9.59 Å². The Kier molecular flexibility index (Phi) is 8.89. The molecule has 0 heterocycles. The van der Waals surface area contributed by atoms with Crippen LogP contribution in [0.2, 0.25) is 0 Å². The molecule has 0 aliphatic rings. The summed E-state index contributed by atoms with van der Waals surface area (Å²) in [7, 11) is 0. The van der Waals surface area contributed by atoms with E-state index in [-0.39, 0.29) is 18.4 Å². The topological polar surface area (TPSA) is 107 Å². The van der Waals surface area contributed by atoms with E-state index in [1.165, 1.54) is 12.3 Å². The number of nitrogens with zero attached hydrogens (tertiary/aromatic N) is 3. The van der Waals surface area contributed by atoms with Gasteiger partial charge in [0.25, 0.3) is 0 Å². The molecule has 0 spiro atoms. The van der Waals surface area contributed by atoms with Crippen molar-refractivity contribution in [3.8, 4) is 0 Å². The fraction of sp³-hybridized carbons (Fsp3) is 0.400. The van der Waals surface area contributed by atoms with Crippen molar-refractivity contribution in [3.05, 3.63) is 35.4 Å². The molecule has 2 N–H and O–H groups in total. The lowest BCUT2D eigenvalue weighted by molar-refractivity contribution is -0.119. The molecule has 7 nitrogen and oxygen atoms in total. The van der Waals surface area contributed by atoms with Gasteiger partial charge >= 0.3 is 0 Å². The monoisotopic (exact) mass is 237 g/mol. The predicted octanol–water partition coefficient (Wildman–Crippen LogP) is 1.01. The number of unbranched alkanes of at least 4 members (excludes halogenated alkanes) is 1. The quantitative estimate of drug-likeness (QED) is 0.216. The molecular formula is C10H15N5O2. The van der Waals surface area contributed by atoms with Crippen molar-refractivity contribution in [2.24, 2.45) is 5.11 Å². The Morgan fingerprint density at radius 3 is 2.88 bits per heavy atom. The molecule has 0 saturated heterocycles. The summed E-state index contributed by atoms with van der Waals surface area (Å²) in [6.45, 7) is 3.63. The van der Waals surface area contributed by atoms with E-state index in [1.54, 1.807) is 6.08 Å². The van der Waals surface area contributed by atoms with Gasteiger partial charge in [0.2, 0.25) is 11.8 Å². The Hall–Kier alpha value is -2.27. The number of amides is 2. The van der Waals surface area contributed by atoms with Gasteiger partial charge in [-0.25, -0.2) is 0 Å². The molecule has 0 bridgehead atoms. The Bertz CT molecular complexity index is 345. The molecular weight excluding hydrogens is 222 g/mol. The molecule has 7 heteroatoms. The van der Waals surface area contributed by atoms with Gasteiger partial charge in [-0.05, 0) is 24.4 Å². The summed E-state index contributed by atoms with van der Waals surface area (Å²) in [6, 6.07) is 0. The molecule has 0 aromatic heterocycles. The Morgan fingerprint density at radius 1 is 1.47 bits per heavy atom. The minimum atomic E-state index is -0.299. The predicted molar refractivity (Wildman–Crippen MR) is 63.7 cm³/mol. The molecule has 17 heavy (non-hydrogen) atoms. The summed E-state index contributed by atoms with van der Waals surface area (Å²) in [6.07, 6.45) is 5.95. The van der Waals surface area contributed by atoms with Gasteiger partial charge in [0.05, 0.1) is 0 Å². The first-order valence-electron chi connectivity index (χ1n) is 5.06. The largest absolute Gasteiger partial charge is 0.356 e. The van der Waals surface area contributed by atoms with Crippen LogP contribution in [0, 0.1) is 0 Å². The van der Waals surface area contributed by atoms with Crippen LogP contribution in [0.1, 0.15) is 12.8 Å². The highest BCUT2D eigenvalue weighted by Gasteiger charge is 1.96. The lowest BCUT2D eigenvalue weighted by atomic mass is 10.3. The fourth-order valence-electron chi connectivity index (χ4n) is 0.883. The van der Waals surface area contributed by atoms with E-state index in [0.717, 1.165) is 12.8 Å². The number of azide groups is 1. The first kappa shape index (κ1) is 14.7. The standard InChI is InChI=1S/C10H15N5O2/c1-2-9(16)12-6-4-3-5-7-13-10(17)8-14-15-11/h2,4,6H,1,3,5,7-8H2,(H,12,16)(H,13,17). The van der Waals surface area contributed by atoms with Crippen LogP contribution >= 0.6 is 0 Å². The molecule has 0 atom stereocenters. The number of hydrogen-bond donors (Lipinski definition) is 2. The second kappa shape index (κ2) is 10.3. The minimum Gasteiger partial charge on any atom is -0.356 e. The molecule has 0 aliphatic heterocycles. The van der Waals surface area contributed by atoms with Crippen molar-refractivity contribution in [3.63, 3.8) is 0 Å². The SMILES string of the molecule is C=CC(=O)NC=CCCCNC(=O)CN=[N+]=[N-]. The second-order valence-electron chi connectivity index (χ2n) is 3.00. The van der Waals surface area contributed by atoms with Crippen molar-refractivity contribution in [1.82, 2.24) is 10.6 Å². The number of allylic oxidation sites excluding steroid dienone is 1. The molecule has 0 aromatic carbocycles. The Labute approximate surface area is 99.2 Å². The summed E-state index contributed by atoms with van der Waals surface area (Å²) in [5.74, 6) is -0.560. The number of carbonyl (C=O) groups is 2. The normalized spacial score (nSPS) is 9.41. The van der Waals surface area contributed by atoms with Gasteiger partial charge in [0.15, 0.2) is 0 Å². The highest BCUT2D eigenvalue weighted by atomic mass is 16.2. The van der Waals surface area contributed by atoms with E-state index in [2.05, 4.69) is 27.2 Å². The summed E-state index contributed by atoms with van der Waals surface area (Å²) >= 11 is 0. The van der Waals surface area contributed by atoms with Crippen LogP contribution in [0.4, 0.5) is 0 Å². The molecule has 0 aromatic rings. The zero-order chi connectivity index (χ0) is 12.9. The number of hydrogen-bond acceptors (Lipinski definition) is 3. The van der Waals surface area contributed by atoms with Crippen LogP contribution < -0.4 is 10.6 Å². The maximum absolute atomic E-state index is 11.0. The van der Waals surface area contributed by atoms with Crippen LogP contribution in [-0.4, -0.2) is 24.9 Å². The van der Waals surface area contributed by atoms with Gasteiger partial charge in [-0.1, -0.05) is 17.8 Å². The summed E-state index contributed by atoms with van der Waals surface area (Å²) in [4.78, 5) is 24.1. The molecule has 0 rings (SSSR count). The molecule has 2 amide bonds. The van der Waals surface area contributed by atoms with Crippen LogP contribution in [0.5, 0.6) is 0 Å². The van der Waals surface area contributed by atoms with Crippen LogP contribution in [0.3, 0.4) is 0 Å². The average Bonchev–Trinajstić information content (AvgIpc) is 2.34. The number of carbonyl (C=O) groups excluding carboxylic acids is 2. The van der Waals surface area contributed by atoms with E-state index < -0.39 is 0 Å². The third-order valence-electron chi connectivity index (χ3n) is 1.68. The highest BCUT2D eigenvalue weighted by Crippen LogP contribution is 1.88. The van der Waals surface area contributed by atoms with Crippen LogP contribution in [0.15, 0.2) is 30.0 Å². The molecule has 0 radical (unpaired) electrons. The third-order valence-corrected chi connectivity index (χ3v) is 1.68. The van der Waals surface area contributed by atoms with Gasteiger partial charge < -0.3 is 10.6 Å². The van der Waals surface area contributed by atoms with Gasteiger partial charge in [-0.2, -0.15) is 0 Å². The fourth-order valence-corrected chi connectivity index (χ4v) is 0.883. The Balaban J connectivity index is 3.45. The maximum atomic E-state index is 11.0. The lowest BCUT2D eigenvalue weighted by Crippen LogP contribution is -2.26. The van der Waals surface area contributed by atoms with Crippen LogP contribution in [0.25, 0.3) is 10.4 Å². The molecule has 92 valence electrons. The van der Waals surface area contributed by atoms with Crippen molar-refractivity contribution in [2.45, 2.75) is 12.8 Å². The first-order valence-corrected chi connectivity index (χ1v) is 5.06. The second-order valence-corrected chi connectivity index (χ2v) is 3.00. The minimum absolute atomic E-state index is 0.179. The molecule has 0 aliphatic carbocycles.